The van der Waals surface area contributed by atoms with Crippen LogP contribution in [0.1, 0.15) is 54.4 Å². The SMILES string of the molecule is CCC1(CC)C(=O)OCC(C)(COC(=O)C(C)(C)C)N1[OH2+]. The van der Waals surface area contributed by atoms with Crippen LogP contribution < -0.4 is 0 Å². The van der Waals surface area contributed by atoms with Gasteiger partial charge in [-0.1, -0.05) is 13.8 Å². The molecule has 0 bridgehead atoms. The second-order valence-electron chi connectivity index (χ2n) is 6.97. The smallest absolute Gasteiger partial charge is 0.333 e. The first-order chi connectivity index (χ1) is 9.53. The van der Waals surface area contributed by atoms with Crippen LogP contribution in [0.5, 0.6) is 0 Å². The lowest BCUT2D eigenvalue weighted by molar-refractivity contribution is -0.285. The highest BCUT2D eigenvalue weighted by atomic mass is 16.6. The van der Waals surface area contributed by atoms with Crippen LogP contribution in [0.25, 0.3) is 0 Å². The van der Waals surface area contributed by atoms with Gasteiger partial charge in [0.25, 0.3) is 0 Å². The standard InChI is InChI=1S/C15H27NO5/c1-7-15(8-2)12(18)21-10-14(6,16(15)19)9-20-11(17)13(3,4)5/h19H,7-10H2,1-6H3/p+1. The average Bonchev–Trinajstić information content (AvgIpc) is 2.42. The van der Waals surface area contributed by atoms with Crippen molar-refractivity contribution in [2.24, 2.45) is 5.41 Å². The number of hydrogen-bond donors (Lipinski definition) is 0. The predicted molar refractivity (Wildman–Crippen MR) is 78.5 cm³/mol. The first kappa shape index (κ1) is 17.9. The van der Waals surface area contributed by atoms with E-state index in [1.165, 1.54) is 5.06 Å². The van der Waals surface area contributed by atoms with Crippen molar-refractivity contribution in [2.75, 3.05) is 13.2 Å². The van der Waals surface area contributed by atoms with E-state index < -0.39 is 16.5 Å². The minimum absolute atomic E-state index is 0.0294. The highest BCUT2D eigenvalue weighted by Crippen LogP contribution is 2.35. The molecule has 0 spiro atoms. The molecule has 1 unspecified atom stereocenters. The molecule has 1 heterocycles. The van der Waals surface area contributed by atoms with Crippen LogP contribution in [0, 0.1) is 5.41 Å². The van der Waals surface area contributed by atoms with E-state index in [1.54, 1.807) is 27.7 Å². The van der Waals surface area contributed by atoms with E-state index in [0.29, 0.717) is 12.8 Å². The van der Waals surface area contributed by atoms with Crippen molar-refractivity contribution in [2.45, 2.75) is 65.5 Å². The van der Waals surface area contributed by atoms with Crippen LogP contribution in [0.15, 0.2) is 0 Å². The number of ether oxygens (including phenoxy) is 2. The normalized spacial score (nSPS) is 26.3. The molecule has 1 rings (SSSR count). The maximum Gasteiger partial charge on any atom is 0.333 e. The van der Waals surface area contributed by atoms with E-state index >= 15 is 0 Å². The Morgan fingerprint density at radius 2 is 1.90 bits per heavy atom. The van der Waals surface area contributed by atoms with E-state index in [4.69, 9.17) is 14.7 Å². The number of carbonyl (C=O) groups excluding carboxylic acids is 2. The lowest BCUT2D eigenvalue weighted by Crippen LogP contribution is -2.69. The zero-order valence-corrected chi connectivity index (χ0v) is 13.9. The molecule has 0 aromatic carbocycles. The van der Waals surface area contributed by atoms with Gasteiger partial charge in [-0.05, 0) is 45.6 Å². The largest absolute Gasteiger partial charge is 0.463 e. The highest BCUT2D eigenvalue weighted by molar-refractivity contribution is 5.81. The fourth-order valence-corrected chi connectivity index (χ4v) is 2.43. The van der Waals surface area contributed by atoms with Gasteiger partial charge in [0.1, 0.15) is 13.2 Å². The summed E-state index contributed by atoms with van der Waals surface area (Å²) in [5, 5.41) is 9.68. The molecule has 1 fully saturated rings. The molecule has 0 saturated carbocycles. The molecule has 0 aliphatic carbocycles. The maximum absolute atomic E-state index is 12.1. The molecular formula is C15H28NO5+. The molecule has 1 aliphatic rings. The summed E-state index contributed by atoms with van der Waals surface area (Å²) < 4.78 is 10.6. The predicted octanol–water partition coefficient (Wildman–Crippen LogP) is 1.39. The lowest BCUT2D eigenvalue weighted by atomic mass is 9.85. The molecule has 1 atom stereocenters. The summed E-state index contributed by atoms with van der Waals surface area (Å²) in [4.78, 5) is 24.0. The van der Waals surface area contributed by atoms with Gasteiger partial charge in [0.05, 0.1) is 5.41 Å². The number of hydrogen-bond acceptors (Lipinski definition) is 5. The third-order valence-corrected chi connectivity index (χ3v) is 4.16. The van der Waals surface area contributed by atoms with Gasteiger partial charge < -0.3 is 14.7 Å². The van der Waals surface area contributed by atoms with E-state index in [1.807, 2.05) is 13.8 Å². The Morgan fingerprint density at radius 3 is 2.33 bits per heavy atom. The minimum atomic E-state index is -0.971. The summed E-state index contributed by atoms with van der Waals surface area (Å²) in [6.45, 7) is 10.9. The maximum atomic E-state index is 12.1. The second-order valence-corrected chi connectivity index (χ2v) is 6.97. The zero-order valence-electron chi connectivity index (χ0n) is 13.9. The Kier molecular flexibility index (Phi) is 5.05. The van der Waals surface area contributed by atoms with Crippen molar-refractivity contribution in [3.8, 4) is 0 Å². The van der Waals surface area contributed by atoms with Crippen LogP contribution in [0.2, 0.25) is 0 Å². The van der Waals surface area contributed by atoms with E-state index in [-0.39, 0.29) is 25.2 Å². The fraction of sp³-hybridized carbons (Fsp3) is 0.867. The van der Waals surface area contributed by atoms with Crippen LogP contribution in [0.4, 0.5) is 0 Å². The quantitative estimate of drug-likeness (QED) is 0.579. The molecule has 6 nitrogen and oxygen atoms in total. The molecule has 6 heteroatoms. The number of cyclic esters (lactones) is 1. The van der Waals surface area contributed by atoms with Gasteiger partial charge in [0, 0.05) is 0 Å². The topological polar surface area (TPSA) is 78.7 Å². The molecule has 122 valence electrons. The minimum Gasteiger partial charge on any atom is -0.463 e. The van der Waals surface area contributed by atoms with Gasteiger partial charge >= 0.3 is 11.9 Å². The second kappa shape index (κ2) is 5.93. The summed E-state index contributed by atoms with van der Waals surface area (Å²) >= 11 is 0. The third kappa shape index (κ3) is 3.21. The highest BCUT2D eigenvalue weighted by Gasteiger charge is 2.58. The Balaban J connectivity index is 2.91. The van der Waals surface area contributed by atoms with Gasteiger partial charge in [-0.3, -0.25) is 4.79 Å². The molecule has 0 aromatic heterocycles. The van der Waals surface area contributed by atoms with E-state index in [2.05, 4.69) is 0 Å². The van der Waals surface area contributed by atoms with E-state index in [9.17, 15) is 9.59 Å². The summed E-state index contributed by atoms with van der Waals surface area (Å²) in [6, 6.07) is 0. The molecule has 1 saturated heterocycles. The van der Waals surface area contributed by atoms with Crippen LogP contribution in [0.3, 0.4) is 0 Å². The van der Waals surface area contributed by atoms with Crippen LogP contribution in [-0.2, 0) is 19.1 Å². The first-order valence-electron chi connectivity index (χ1n) is 7.39. The third-order valence-electron chi connectivity index (χ3n) is 4.16. The lowest BCUT2D eigenvalue weighted by Gasteiger charge is -2.46. The number of nitrogens with zero attached hydrogens (tertiary/aromatic N) is 1. The monoisotopic (exact) mass is 302 g/mol. The van der Waals surface area contributed by atoms with Gasteiger partial charge in [0.15, 0.2) is 11.1 Å². The Bertz CT molecular complexity index is 411. The molecule has 21 heavy (non-hydrogen) atoms. The number of morpholine rings is 1. The summed E-state index contributed by atoms with van der Waals surface area (Å²) in [5.41, 5.74) is -2.40. The van der Waals surface area contributed by atoms with E-state index in [0.717, 1.165) is 0 Å². The van der Waals surface area contributed by atoms with Crippen LogP contribution >= 0.6 is 0 Å². The average molecular weight is 302 g/mol. The van der Waals surface area contributed by atoms with Crippen molar-refractivity contribution in [3.63, 3.8) is 0 Å². The Labute approximate surface area is 126 Å². The van der Waals surface area contributed by atoms with Crippen LogP contribution in [-0.4, -0.2) is 46.5 Å². The Hall–Kier alpha value is -1.14. The molecule has 0 radical (unpaired) electrons. The van der Waals surface area contributed by atoms with Crippen molar-refractivity contribution in [3.05, 3.63) is 0 Å². The molecular weight excluding hydrogens is 274 g/mol. The van der Waals surface area contributed by atoms with Crippen molar-refractivity contribution in [1.29, 1.82) is 0 Å². The Morgan fingerprint density at radius 1 is 1.38 bits per heavy atom. The fourth-order valence-electron chi connectivity index (χ4n) is 2.43. The molecule has 0 aromatic rings. The zero-order chi connectivity index (χ0) is 16.5. The summed E-state index contributed by atoms with van der Waals surface area (Å²) in [6.07, 6.45) is 0.962. The summed E-state index contributed by atoms with van der Waals surface area (Å²) in [7, 11) is 0. The van der Waals surface area contributed by atoms with Crippen molar-refractivity contribution in [1.82, 2.24) is 5.06 Å². The number of hydroxylamine groups is 2. The first-order valence-corrected chi connectivity index (χ1v) is 7.39. The van der Waals surface area contributed by atoms with Gasteiger partial charge in [-0.15, -0.1) is 0 Å². The van der Waals surface area contributed by atoms with Crippen molar-refractivity contribution < 1.29 is 24.3 Å². The van der Waals surface area contributed by atoms with Gasteiger partial charge in [0.2, 0.25) is 0 Å². The number of rotatable bonds is 4. The molecule has 2 N–H and O–H groups in total. The van der Waals surface area contributed by atoms with Crippen molar-refractivity contribution >= 4 is 11.9 Å². The van der Waals surface area contributed by atoms with Gasteiger partial charge in [-0.25, -0.2) is 4.79 Å². The number of carbonyl (C=O) groups is 2. The summed E-state index contributed by atoms with van der Waals surface area (Å²) in [5.74, 6) is -0.699. The molecule has 0 amide bonds. The number of esters is 2. The molecule has 1 aliphatic heterocycles. The van der Waals surface area contributed by atoms with Gasteiger partial charge in [-0.2, -0.15) is 0 Å².